The van der Waals surface area contributed by atoms with Crippen LogP contribution < -0.4 is 0 Å². The molecule has 0 saturated heterocycles. The SMILES string of the molecule is CC(C)Cc1cc(C(=O)c2c(F)cccc2F)c[nH]1. The van der Waals surface area contributed by atoms with Crippen LogP contribution in [-0.2, 0) is 6.42 Å². The highest BCUT2D eigenvalue weighted by molar-refractivity contribution is 6.09. The maximum absolute atomic E-state index is 13.5. The molecule has 4 heteroatoms. The Hall–Kier alpha value is -1.97. The molecule has 0 saturated carbocycles. The second-order valence-corrected chi connectivity index (χ2v) is 4.94. The fourth-order valence-corrected chi connectivity index (χ4v) is 1.99. The Kier molecular flexibility index (Phi) is 3.79. The number of aromatic amines is 1. The molecule has 2 rings (SSSR count). The van der Waals surface area contributed by atoms with Crippen molar-refractivity contribution < 1.29 is 13.6 Å². The number of hydrogen-bond acceptors (Lipinski definition) is 1. The van der Waals surface area contributed by atoms with Crippen LogP contribution >= 0.6 is 0 Å². The summed E-state index contributed by atoms with van der Waals surface area (Å²) in [6.07, 6.45) is 2.28. The topological polar surface area (TPSA) is 32.9 Å². The number of rotatable bonds is 4. The normalized spacial score (nSPS) is 11.0. The van der Waals surface area contributed by atoms with Crippen LogP contribution in [0.3, 0.4) is 0 Å². The molecule has 1 aromatic heterocycles. The molecule has 0 fully saturated rings. The predicted molar refractivity (Wildman–Crippen MR) is 69.1 cm³/mol. The first-order chi connectivity index (χ1) is 8.99. The minimum Gasteiger partial charge on any atom is -0.364 e. The molecule has 0 unspecified atom stereocenters. The van der Waals surface area contributed by atoms with Crippen molar-refractivity contribution in [3.8, 4) is 0 Å². The lowest BCUT2D eigenvalue weighted by molar-refractivity contribution is 0.103. The summed E-state index contributed by atoms with van der Waals surface area (Å²) in [6.45, 7) is 4.11. The van der Waals surface area contributed by atoms with E-state index in [1.54, 1.807) is 6.07 Å². The number of carbonyl (C=O) groups is 1. The fraction of sp³-hybridized carbons (Fsp3) is 0.267. The number of benzene rings is 1. The van der Waals surface area contributed by atoms with Crippen molar-refractivity contribution in [2.45, 2.75) is 20.3 Å². The van der Waals surface area contributed by atoms with Gasteiger partial charge in [-0.15, -0.1) is 0 Å². The van der Waals surface area contributed by atoms with Gasteiger partial charge in [-0.3, -0.25) is 4.79 Å². The predicted octanol–water partition coefficient (Wildman–Crippen LogP) is 3.72. The Morgan fingerprint density at radius 3 is 2.47 bits per heavy atom. The average Bonchev–Trinajstić information content (AvgIpc) is 2.76. The molecule has 0 aliphatic rings. The molecule has 0 spiro atoms. The van der Waals surface area contributed by atoms with E-state index in [-0.39, 0.29) is 5.56 Å². The molecule has 0 amide bonds. The standard InChI is InChI=1S/C15H15F2NO/c1-9(2)6-11-7-10(8-18-11)15(19)14-12(16)4-3-5-13(14)17/h3-5,7-9,18H,6H2,1-2H3. The van der Waals surface area contributed by atoms with Crippen molar-refractivity contribution in [1.29, 1.82) is 0 Å². The zero-order chi connectivity index (χ0) is 14.0. The second kappa shape index (κ2) is 5.34. The summed E-state index contributed by atoms with van der Waals surface area (Å²) in [7, 11) is 0. The number of aromatic nitrogens is 1. The lowest BCUT2D eigenvalue weighted by atomic mass is 10.0. The average molecular weight is 263 g/mol. The fourth-order valence-electron chi connectivity index (χ4n) is 1.99. The molecule has 0 atom stereocenters. The number of hydrogen-bond donors (Lipinski definition) is 1. The lowest BCUT2D eigenvalue weighted by Crippen LogP contribution is -2.06. The van der Waals surface area contributed by atoms with Gasteiger partial charge in [-0.1, -0.05) is 19.9 Å². The molecule has 0 radical (unpaired) electrons. The summed E-state index contributed by atoms with van der Waals surface area (Å²) >= 11 is 0. The Morgan fingerprint density at radius 2 is 1.89 bits per heavy atom. The van der Waals surface area contributed by atoms with E-state index >= 15 is 0 Å². The van der Waals surface area contributed by atoms with Gasteiger partial charge >= 0.3 is 0 Å². The summed E-state index contributed by atoms with van der Waals surface area (Å²) in [5.41, 5.74) is 0.660. The van der Waals surface area contributed by atoms with E-state index in [2.05, 4.69) is 18.8 Å². The van der Waals surface area contributed by atoms with Crippen LogP contribution in [0.15, 0.2) is 30.5 Å². The molecule has 1 N–H and O–H groups in total. The molecule has 100 valence electrons. The largest absolute Gasteiger partial charge is 0.364 e. The van der Waals surface area contributed by atoms with E-state index in [9.17, 15) is 13.6 Å². The van der Waals surface area contributed by atoms with Gasteiger partial charge in [-0.2, -0.15) is 0 Å². The molecular formula is C15H15F2NO. The molecule has 19 heavy (non-hydrogen) atoms. The molecule has 0 aliphatic carbocycles. The van der Waals surface area contributed by atoms with Gasteiger partial charge in [-0.05, 0) is 30.5 Å². The van der Waals surface area contributed by atoms with Crippen molar-refractivity contribution >= 4 is 5.78 Å². The van der Waals surface area contributed by atoms with Gasteiger partial charge in [0.1, 0.15) is 11.6 Å². The van der Waals surface area contributed by atoms with Crippen LogP contribution in [-0.4, -0.2) is 10.8 Å². The summed E-state index contributed by atoms with van der Waals surface area (Å²) in [4.78, 5) is 15.0. The Balaban J connectivity index is 2.32. The van der Waals surface area contributed by atoms with Crippen molar-refractivity contribution in [3.05, 3.63) is 58.9 Å². The Labute approximate surface area is 110 Å². The van der Waals surface area contributed by atoms with Crippen molar-refractivity contribution in [2.24, 2.45) is 5.92 Å². The van der Waals surface area contributed by atoms with Gasteiger partial charge in [0.2, 0.25) is 0 Å². The molecule has 2 aromatic rings. The van der Waals surface area contributed by atoms with E-state index in [4.69, 9.17) is 0 Å². The monoisotopic (exact) mass is 263 g/mol. The molecule has 1 heterocycles. The van der Waals surface area contributed by atoms with E-state index in [1.165, 1.54) is 12.3 Å². The van der Waals surface area contributed by atoms with Crippen LogP contribution in [0.2, 0.25) is 0 Å². The maximum Gasteiger partial charge on any atom is 0.200 e. The van der Waals surface area contributed by atoms with Crippen molar-refractivity contribution in [2.75, 3.05) is 0 Å². The third-order valence-electron chi connectivity index (χ3n) is 2.82. The van der Waals surface area contributed by atoms with Gasteiger partial charge in [0.15, 0.2) is 5.78 Å². The summed E-state index contributed by atoms with van der Waals surface area (Å²) in [5.74, 6) is -1.87. The molecule has 0 aliphatic heterocycles. The minimum atomic E-state index is -0.836. The first-order valence-corrected chi connectivity index (χ1v) is 6.15. The first kappa shape index (κ1) is 13.5. The highest BCUT2D eigenvalue weighted by atomic mass is 19.1. The lowest BCUT2D eigenvalue weighted by Gasteiger charge is -2.02. The van der Waals surface area contributed by atoms with E-state index in [0.717, 1.165) is 24.2 Å². The zero-order valence-corrected chi connectivity index (χ0v) is 10.8. The Morgan fingerprint density at radius 1 is 1.26 bits per heavy atom. The number of nitrogens with one attached hydrogen (secondary N) is 1. The molecule has 0 bridgehead atoms. The highest BCUT2D eigenvalue weighted by Gasteiger charge is 2.19. The smallest absolute Gasteiger partial charge is 0.200 e. The number of carbonyl (C=O) groups excluding carboxylic acids is 1. The van der Waals surface area contributed by atoms with Crippen molar-refractivity contribution in [3.63, 3.8) is 0 Å². The minimum absolute atomic E-state index is 0.277. The van der Waals surface area contributed by atoms with E-state index in [0.29, 0.717) is 5.92 Å². The Bertz CT molecular complexity index is 582. The van der Waals surface area contributed by atoms with Crippen LogP contribution in [0, 0.1) is 17.6 Å². The van der Waals surface area contributed by atoms with Gasteiger partial charge < -0.3 is 4.98 Å². The third-order valence-corrected chi connectivity index (χ3v) is 2.82. The van der Waals surface area contributed by atoms with Gasteiger partial charge in [-0.25, -0.2) is 8.78 Å². The van der Waals surface area contributed by atoms with Gasteiger partial charge in [0.25, 0.3) is 0 Å². The highest BCUT2D eigenvalue weighted by Crippen LogP contribution is 2.18. The van der Waals surface area contributed by atoms with Crippen molar-refractivity contribution in [1.82, 2.24) is 4.98 Å². The maximum atomic E-state index is 13.5. The quantitative estimate of drug-likeness (QED) is 0.838. The summed E-state index contributed by atoms with van der Waals surface area (Å²) in [5, 5.41) is 0. The first-order valence-electron chi connectivity index (χ1n) is 6.15. The molecule has 1 aromatic carbocycles. The third kappa shape index (κ3) is 2.89. The van der Waals surface area contributed by atoms with E-state index in [1.807, 2.05) is 0 Å². The van der Waals surface area contributed by atoms with Crippen LogP contribution in [0.25, 0.3) is 0 Å². The number of H-pyrrole nitrogens is 1. The van der Waals surface area contributed by atoms with Crippen LogP contribution in [0.1, 0.15) is 35.5 Å². The summed E-state index contributed by atoms with van der Waals surface area (Å²) in [6, 6.07) is 5.05. The van der Waals surface area contributed by atoms with Gasteiger partial charge in [0, 0.05) is 17.5 Å². The number of ketones is 1. The molecular weight excluding hydrogens is 248 g/mol. The molecule has 2 nitrogen and oxygen atoms in total. The van der Waals surface area contributed by atoms with Crippen LogP contribution in [0.5, 0.6) is 0 Å². The summed E-state index contributed by atoms with van der Waals surface area (Å²) < 4.78 is 27.1. The van der Waals surface area contributed by atoms with E-state index < -0.39 is 23.0 Å². The zero-order valence-electron chi connectivity index (χ0n) is 10.8. The number of halogens is 2. The second-order valence-electron chi connectivity index (χ2n) is 4.94. The van der Waals surface area contributed by atoms with Crippen LogP contribution in [0.4, 0.5) is 8.78 Å². The van der Waals surface area contributed by atoms with Gasteiger partial charge in [0.05, 0.1) is 5.56 Å².